The third-order valence-electron chi connectivity index (χ3n) is 4.62. The second-order valence-electron chi connectivity index (χ2n) is 6.67. The minimum Gasteiger partial charge on any atom is -0.308 e. The van der Waals surface area contributed by atoms with Crippen LogP contribution >= 0.6 is 15.9 Å². The molecule has 0 saturated heterocycles. The molecule has 0 radical (unpaired) electrons. The second-order valence-corrected chi connectivity index (χ2v) is 7.53. The van der Waals surface area contributed by atoms with Crippen molar-refractivity contribution in [2.45, 2.75) is 19.6 Å². The van der Waals surface area contributed by atoms with Gasteiger partial charge < -0.3 is 10.6 Å². The van der Waals surface area contributed by atoms with Crippen molar-refractivity contribution in [2.24, 2.45) is 0 Å². The fourth-order valence-electron chi connectivity index (χ4n) is 3.34. The van der Waals surface area contributed by atoms with E-state index in [1.165, 1.54) is 16.7 Å². The van der Waals surface area contributed by atoms with E-state index in [1.807, 2.05) is 36.4 Å². The fraction of sp³-hybridized carbons (Fsp3) is 0.136. The van der Waals surface area contributed by atoms with E-state index in [2.05, 4.69) is 67.9 Å². The molecule has 4 rings (SSSR count). The van der Waals surface area contributed by atoms with Crippen molar-refractivity contribution in [3.8, 4) is 0 Å². The molecule has 0 bridgehead atoms. The lowest BCUT2D eigenvalue weighted by atomic mass is 10.1. The maximum absolute atomic E-state index is 12.3. The standard InChI is InChI=1S/C22H20BrN3O/c23-20-8-4-5-9-21(20)25-22(27)24-19-11-10-17-14-26(15-18(17)12-19)13-16-6-2-1-3-7-16/h1-12H,13-15H2,(H2,24,25,27). The topological polar surface area (TPSA) is 44.4 Å². The molecule has 27 heavy (non-hydrogen) atoms. The summed E-state index contributed by atoms with van der Waals surface area (Å²) in [6.07, 6.45) is 0. The van der Waals surface area contributed by atoms with Crippen LogP contribution < -0.4 is 10.6 Å². The van der Waals surface area contributed by atoms with Gasteiger partial charge in [0.15, 0.2) is 0 Å². The van der Waals surface area contributed by atoms with Crippen LogP contribution in [0.1, 0.15) is 16.7 Å². The number of fused-ring (bicyclic) bond motifs is 1. The van der Waals surface area contributed by atoms with Crippen LogP contribution in [0.4, 0.5) is 16.2 Å². The van der Waals surface area contributed by atoms with Gasteiger partial charge in [-0.2, -0.15) is 0 Å². The molecule has 0 spiro atoms. The molecule has 1 aliphatic heterocycles. The number of rotatable bonds is 4. The Labute approximate surface area is 167 Å². The molecule has 0 aromatic heterocycles. The number of nitrogens with zero attached hydrogens (tertiary/aromatic N) is 1. The van der Waals surface area contributed by atoms with Crippen molar-refractivity contribution in [3.05, 3.63) is 94.0 Å². The summed E-state index contributed by atoms with van der Waals surface area (Å²) in [6, 6.07) is 23.9. The first-order chi connectivity index (χ1) is 13.2. The van der Waals surface area contributed by atoms with Crippen LogP contribution in [0.5, 0.6) is 0 Å². The van der Waals surface area contributed by atoms with E-state index in [9.17, 15) is 4.79 Å². The molecule has 1 heterocycles. The molecule has 3 aromatic carbocycles. The molecule has 2 N–H and O–H groups in total. The Bertz CT molecular complexity index is 959. The van der Waals surface area contributed by atoms with Gasteiger partial charge in [0.2, 0.25) is 0 Å². The van der Waals surface area contributed by atoms with Crippen LogP contribution in [0.3, 0.4) is 0 Å². The van der Waals surface area contributed by atoms with E-state index in [4.69, 9.17) is 0 Å². The van der Waals surface area contributed by atoms with Crippen LogP contribution in [-0.2, 0) is 19.6 Å². The highest BCUT2D eigenvalue weighted by Crippen LogP contribution is 2.27. The molecule has 0 unspecified atom stereocenters. The number of para-hydroxylation sites is 1. The van der Waals surface area contributed by atoms with Gasteiger partial charge in [-0.1, -0.05) is 48.5 Å². The SMILES string of the molecule is O=C(Nc1ccc2c(c1)CN(Cc1ccccc1)C2)Nc1ccccc1Br. The Morgan fingerprint density at radius 2 is 1.63 bits per heavy atom. The zero-order valence-electron chi connectivity index (χ0n) is 14.8. The molecule has 0 atom stereocenters. The maximum atomic E-state index is 12.3. The largest absolute Gasteiger partial charge is 0.323 e. The predicted octanol–water partition coefficient (Wildman–Crippen LogP) is 5.61. The summed E-state index contributed by atoms with van der Waals surface area (Å²) in [5.74, 6) is 0. The van der Waals surface area contributed by atoms with Gasteiger partial charge in [-0.3, -0.25) is 4.90 Å². The third-order valence-corrected chi connectivity index (χ3v) is 5.31. The van der Waals surface area contributed by atoms with E-state index in [0.717, 1.165) is 35.5 Å². The number of carbonyl (C=O) groups is 1. The smallest absolute Gasteiger partial charge is 0.308 e. The van der Waals surface area contributed by atoms with Crippen LogP contribution in [0.25, 0.3) is 0 Å². The summed E-state index contributed by atoms with van der Waals surface area (Å²) in [7, 11) is 0. The van der Waals surface area contributed by atoms with Gasteiger partial charge in [0.05, 0.1) is 5.69 Å². The number of hydrogen-bond acceptors (Lipinski definition) is 2. The summed E-state index contributed by atoms with van der Waals surface area (Å²) < 4.78 is 0.852. The molecule has 0 aliphatic carbocycles. The summed E-state index contributed by atoms with van der Waals surface area (Å²) in [5.41, 5.74) is 5.45. The molecule has 136 valence electrons. The van der Waals surface area contributed by atoms with Gasteiger partial charge in [0.1, 0.15) is 0 Å². The van der Waals surface area contributed by atoms with Crippen molar-refractivity contribution in [3.63, 3.8) is 0 Å². The quantitative estimate of drug-likeness (QED) is 0.574. The van der Waals surface area contributed by atoms with E-state index in [-0.39, 0.29) is 6.03 Å². The maximum Gasteiger partial charge on any atom is 0.323 e. The number of anilines is 2. The summed E-state index contributed by atoms with van der Waals surface area (Å²) in [4.78, 5) is 14.7. The molecule has 1 aliphatic rings. The Balaban J connectivity index is 1.39. The number of carbonyl (C=O) groups excluding carboxylic acids is 1. The van der Waals surface area contributed by atoms with Crippen LogP contribution in [0.15, 0.2) is 77.3 Å². The molecule has 2 amide bonds. The molecule has 0 fully saturated rings. The first-order valence-corrected chi connectivity index (χ1v) is 9.67. The first-order valence-electron chi connectivity index (χ1n) is 8.88. The van der Waals surface area contributed by atoms with Crippen LogP contribution in [-0.4, -0.2) is 10.9 Å². The highest BCUT2D eigenvalue weighted by atomic mass is 79.9. The molecule has 5 heteroatoms. The third kappa shape index (κ3) is 4.38. The van der Waals surface area contributed by atoms with Crippen molar-refractivity contribution in [1.82, 2.24) is 4.90 Å². The van der Waals surface area contributed by atoms with E-state index in [0.29, 0.717) is 0 Å². The minimum absolute atomic E-state index is 0.249. The number of nitrogens with one attached hydrogen (secondary N) is 2. The summed E-state index contributed by atoms with van der Waals surface area (Å²) in [5, 5.41) is 5.78. The zero-order valence-corrected chi connectivity index (χ0v) is 16.4. The van der Waals surface area contributed by atoms with Crippen LogP contribution in [0, 0.1) is 0 Å². The van der Waals surface area contributed by atoms with Crippen LogP contribution in [0.2, 0.25) is 0 Å². The lowest BCUT2D eigenvalue weighted by Crippen LogP contribution is -2.19. The molecular formula is C22H20BrN3O. The minimum atomic E-state index is -0.249. The van der Waals surface area contributed by atoms with Crippen molar-refractivity contribution >= 4 is 33.3 Å². The fourth-order valence-corrected chi connectivity index (χ4v) is 3.73. The molecule has 3 aromatic rings. The monoisotopic (exact) mass is 421 g/mol. The van der Waals surface area contributed by atoms with Gasteiger partial charge >= 0.3 is 6.03 Å². The molecular weight excluding hydrogens is 402 g/mol. The van der Waals surface area contributed by atoms with Gasteiger partial charge in [-0.05, 0) is 56.9 Å². The zero-order chi connectivity index (χ0) is 18.6. The summed E-state index contributed by atoms with van der Waals surface area (Å²) in [6.45, 7) is 2.76. The highest BCUT2D eigenvalue weighted by molar-refractivity contribution is 9.10. The highest BCUT2D eigenvalue weighted by Gasteiger charge is 2.19. The molecule has 4 nitrogen and oxygen atoms in total. The number of benzene rings is 3. The Kier molecular flexibility index (Phi) is 5.23. The number of amides is 2. The van der Waals surface area contributed by atoms with Gasteiger partial charge in [0, 0.05) is 29.8 Å². The lowest BCUT2D eigenvalue weighted by molar-refractivity contribution is 0.262. The molecule has 0 saturated carbocycles. The normalized spacial score (nSPS) is 13.2. The summed E-state index contributed by atoms with van der Waals surface area (Å²) >= 11 is 3.44. The van der Waals surface area contributed by atoms with Crippen molar-refractivity contribution in [1.29, 1.82) is 0 Å². The van der Waals surface area contributed by atoms with Gasteiger partial charge in [-0.15, -0.1) is 0 Å². The average molecular weight is 422 g/mol. The Hall–Kier alpha value is -2.63. The number of halogens is 1. The lowest BCUT2D eigenvalue weighted by Gasteiger charge is -2.14. The van der Waals surface area contributed by atoms with Crippen molar-refractivity contribution < 1.29 is 4.79 Å². The number of urea groups is 1. The Morgan fingerprint density at radius 3 is 2.44 bits per heavy atom. The predicted molar refractivity (Wildman–Crippen MR) is 113 cm³/mol. The number of hydrogen-bond donors (Lipinski definition) is 2. The average Bonchev–Trinajstić information content (AvgIpc) is 3.06. The first kappa shape index (κ1) is 17.8. The van der Waals surface area contributed by atoms with Gasteiger partial charge in [0.25, 0.3) is 0 Å². The van der Waals surface area contributed by atoms with E-state index < -0.39 is 0 Å². The Morgan fingerprint density at radius 1 is 0.889 bits per heavy atom. The van der Waals surface area contributed by atoms with Crippen molar-refractivity contribution in [2.75, 3.05) is 10.6 Å². The van der Waals surface area contributed by atoms with E-state index in [1.54, 1.807) is 0 Å². The second kappa shape index (κ2) is 7.94. The van der Waals surface area contributed by atoms with Gasteiger partial charge in [-0.25, -0.2) is 4.79 Å². The van der Waals surface area contributed by atoms with E-state index >= 15 is 0 Å².